The summed E-state index contributed by atoms with van der Waals surface area (Å²) >= 11 is 0. The second-order valence-corrected chi connectivity index (χ2v) is 5.35. The number of hydrogen-bond acceptors (Lipinski definition) is 6. The van der Waals surface area contributed by atoms with Crippen LogP contribution in [0.25, 0.3) is 0 Å². The highest BCUT2D eigenvalue weighted by molar-refractivity contribution is 5.79. The molecular formula is C17H25N5O3. The van der Waals surface area contributed by atoms with Gasteiger partial charge in [0, 0.05) is 26.6 Å². The lowest BCUT2D eigenvalue weighted by Gasteiger charge is -2.12. The standard InChI is InChI=1S/C17H25N5O3/c1-12-21-16(25-22-12)8-10-20-17(18-2)19-9-7-13-5-6-14(23-3)15(11-13)24-4/h5-6,11H,7-10H2,1-4H3,(H2,18,19,20). The highest BCUT2D eigenvalue weighted by atomic mass is 16.5. The van der Waals surface area contributed by atoms with Crippen LogP contribution >= 0.6 is 0 Å². The molecule has 0 aliphatic heterocycles. The van der Waals surface area contributed by atoms with E-state index in [1.54, 1.807) is 28.2 Å². The first kappa shape index (κ1) is 18.6. The summed E-state index contributed by atoms with van der Waals surface area (Å²) in [6.07, 6.45) is 1.49. The minimum absolute atomic E-state index is 0.616. The van der Waals surface area contributed by atoms with Gasteiger partial charge in [-0.15, -0.1) is 0 Å². The molecule has 1 heterocycles. The Kier molecular flexibility index (Phi) is 7.06. The van der Waals surface area contributed by atoms with Crippen LogP contribution in [0.1, 0.15) is 17.3 Å². The number of aromatic nitrogens is 2. The summed E-state index contributed by atoms with van der Waals surface area (Å²) in [6, 6.07) is 5.92. The van der Waals surface area contributed by atoms with Crippen LogP contribution in [-0.2, 0) is 12.8 Å². The van der Waals surface area contributed by atoms with E-state index in [1.165, 1.54) is 0 Å². The van der Waals surface area contributed by atoms with Gasteiger partial charge in [-0.1, -0.05) is 11.2 Å². The van der Waals surface area contributed by atoms with Crippen LogP contribution in [0, 0.1) is 6.92 Å². The second kappa shape index (κ2) is 9.51. The maximum atomic E-state index is 5.32. The smallest absolute Gasteiger partial charge is 0.228 e. The zero-order valence-corrected chi connectivity index (χ0v) is 15.1. The predicted octanol–water partition coefficient (Wildman–Crippen LogP) is 1.35. The van der Waals surface area contributed by atoms with Crippen LogP contribution < -0.4 is 20.1 Å². The maximum absolute atomic E-state index is 5.32. The number of hydrogen-bond donors (Lipinski definition) is 2. The minimum atomic E-state index is 0.616. The fraction of sp³-hybridized carbons (Fsp3) is 0.471. The molecule has 8 heteroatoms. The Morgan fingerprint density at radius 3 is 2.44 bits per heavy atom. The molecule has 1 aromatic carbocycles. The normalized spacial score (nSPS) is 11.3. The fourth-order valence-electron chi connectivity index (χ4n) is 2.31. The van der Waals surface area contributed by atoms with Gasteiger partial charge in [0.05, 0.1) is 14.2 Å². The summed E-state index contributed by atoms with van der Waals surface area (Å²) in [4.78, 5) is 8.37. The van der Waals surface area contributed by atoms with Crippen LogP contribution in [0.5, 0.6) is 11.5 Å². The number of aliphatic imine (C=N–C) groups is 1. The van der Waals surface area contributed by atoms with Crippen molar-refractivity contribution in [3.8, 4) is 11.5 Å². The molecular weight excluding hydrogens is 322 g/mol. The van der Waals surface area contributed by atoms with Gasteiger partial charge in [0.1, 0.15) is 0 Å². The summed E-state index contributed by atoms with van der Waals surface area (Å²) in [5.41, 5.74) is 1.15. The van der Waals surface area contributed by atoms with Crippen molar-refractivity contribution in [3.05, 3.63) is 35.5 Å². The molecule has 0 unspecified atom stereocenters. The zero-order valence-electron chi connectivity index (χ0n) is 15.1. The number of rotatable bonds is 8. The Balaban J connectivity index is 1.75. The van der Waals surface area contributed by atoms with Crippen molar-refractivity contribution in [2.45, 2.75) is 19.8 Å². The number of aryl methyl sites for hydroxylation is 1. The van der Waals surface area contributed by atoms with E-state index in [9.17, 15) is 0 Å². The third-order valence-electron chi connectivity index (χ3n) is 3.58. The molecule has 0 radical (unpaired) electrons. The minimum Gasteiger partial charge on any atom is -0.493 e. The first-order valence-electron chi connectivity index (χ1n) is 8.11. The van der Waals surface area contributed by atoms with E-state index in [1.807, 2.05) is 18.2 Å². The summed E-state index contributed by atoms with van der Waals surface area (Å²) < 4.78 is 15.6. The first-order valence-corrected chi connectivity index (χ1v) is 8.11. The molecule has 8 nitrogen and oxygen atoms in total. The lowest BCUT2D eigenvalue weighted by Crippen LogP contribution is -2.39. The zero-order chi connectivity index (χ0) is 18.1. The molecule has 1 aromatic heterocycles. The Labute approximate surface area is 147 Å². The van der Waals surface area contributed by atoms with Crippen molar-refractivity contribution >= 4 is 5.96 Å². The van der Waals surface area contributed by atoms with Gasteiger partial charge in [-0.3, -0.25) is 4.99 Å². The van der Waals surface area contributed by atoms with Crippen LogP contribution in [0.3, 0.4) is 0 Å². The first-order chi connectivity index (χ1) is 12.2. The molecule has 0 atom stereocenters. The van der Waals surface area contributed by atoms with Crippen molar-refractivity contribution in [2.24, 2.45) is 4.99 Å². The molecule has 0 bridgehead atoms. The van der Waals surface area contributed by atoms with Crippen LogP contribution in [0.4, 0.5) is 0 Å². The number of methoxy groups -OCH3 is 2. The summed E-state index contributed by atoms with van der Waals surface area (Å²) in [6.45, 7) is 3.21. The van der Waals surface area contributed by atoms with Crippen molar-refractivity contribution < 1.29 is 14.0 Å². The third kappa shape index (κ3) is 5.66. The number of ether oxygens (including phenoxy) is 2. The Hall–Kier alpha value is -2.77. The van der Waals surface area contributed by atoms with Gasteiger partial charge in [0.15, 0.2) is 23.3 Å². The lowest BCUT2D eigenvalue weighted by molar-refractivity contribution is 0.354. The molecule has 0 saturated carbocycles. The van der Waals surface area contributed by atoms with Gasteiger partial charge < -0.3 is 24.6 Å². The van der Waals surface area contributed by atoms with E-state index < -0.39 is 0 Å². The Morgan fingerprint density at radius 2 is 1.84 bits per heavy atom. The topological polar surface area (TPSA) is 93.8 Å². The average Bonchev–Trinajstić information content (AvgIpc) is 3.05. The average molecular weight is 347 g/mol. The molecule has 0 fully saturated rings. The molecule has 2 aromatic rings. The van der Waals surface area contributed by atoms with Gasteiger partial charge in [0.25, 0.3) is 0 Å². The molecule has 136 valence electrons. The molecule has 0 aliphatic carbocycles. The fourth-order valence-corrected chi connectivity index (χ4v) is 2.31. The van der Waals surface area contributed by atoms with Crippen molar-refractivity contribution in [1.29, 1.82) is 0 Å². The van der Waals surface area contributed by atoms with Crippen molar-refractivity contribution in [1.82, 2.24) is 20.8 Å². The molecule has 0 aliphatic rings. The molecule has 0 amide bonds. The summed E-state index contributed by atoms with van der Waals surface area (Å²) in [5, 5.41) is 10.3. The molecule has 2 rings (SSSR count). The van der Waals surface area contributed by atoms with Crippen LogP contribution in [-0.4, -0.2) is 50.5 Å². The van der Waals surface area contributed by atoms with Crippen LogP contribution in [0.2, 0.25) is 0 Å². The monoisotopic (exact) mass is 347 g/mol. The van der Waals surface area contributed by atoms with Gasteiger partial charge in [-0.25, -0.2) is 0 Å². The highest BCUT2D eigenvalue weighted by Gasteiger charge is 2.06. The highest BCUT2D eigenvalue weighted by Crippen LogP contribution is 2.27. The second-order valence-electron chi connectivity index (χ2n) is 5.35. The number of nitrogens with zero attached hydrogens (tertiary/aromatic N) is 3. The lowest BCUT2D eigenvalue weighted by atomic mass is 10.1. The number of nitrogens with one attached hydrogen (secondary N) is 2. The van der Waals surface area contributed by atoms with Gasteiger partial charge >= 0.3 is 0 Å². The SMILES string of the molecule is CN=C(NCCc1ccc(OC)c(OC)c1)NCCc1nc(C)no1. The van der Waals surface area contributed by atoms with E-state index >= 15 is 0 Å². The van der Waals surface area contributed by atoms with E-state index in [0.29, 0.717) is 24.7 Å². The summed E-state index contributed by atoms with van der Waals surface area (Å²) in [5.74, 6) is 3.46. The largest absolute Gasteiger partial charge is 0.493 e. The van der Waals surface area contributed by atoms with Gasteiger partial charge in [-0.05, 0) is 31.0 Å². The quantitative estimate of drug-likeness (QED) is 0.550. The van der Waals surface area contributed by atoms with Crippen molar-refractivity contribution in [3.63, 3.8) is 0 Å². The third-order valence-corrected chi connectivity index (χ3v) is 3.58. The van der Waals surface area contributed by atoms with E-state index in [4.69, 9.17) is 14.0 Å². The van der Waals surface area contributed by atoms with E-state index in [2.05, 4.69) is 25.8 Å². The Bertz CT molecular complexity index is 699. The molecule has 0 spiro atoms. The van der Waals surface area contributed by atoms with E-state index in [-0.39, 0.29) is 0 Å². The van der Waals surface area contributed by atoms with Gasteiger partial charge in [-0.2, -0.15) is 4.98 Å². The predicted molar refractivity (Wildman–Crippen MR) is 95.4 cm³/mol. The maximum Gasteiger partial charge on any atom is 0.228 e. The van der Waals surface area contributed by atoms with Crippen molar-refractivity contribution in [2.75, 3.05) is 34.4 Å². The Morgan fingerprint density at radius 1 is 1.12 bits per heavy atom. The van der Waals surface area contributed by atoms with Crippen LogP contribution in [0.15, 0.2) is 27.7 Å². The van der Waals surface area contributed by atoms with Gasteiger partial charge in [0.2, 0.25) is 5.89 Å². The summed E-state index contributed by atoms with van der Waals surface area (Å²) in [7, 11) is 5.00. The molecule has 25 heavy (non-hydrogen) atoms. The molecule has 2 N–H and O–H groups in total. The molecule has 0 saturated heterocycles. The van der Waals surface area contributed by atoms with E-state index in [0.717, 1.165) is 36.0 Å². The number of benzene rings is 1. The number of guanidine groups is 1.